The smallest absolute Gasteiger partial charge is 0.249 e. The summed E-state index contributed by atoms with van der Waals surface area (Å²) >= 11 is 0. The van der Waals surface area contributed by atoms with Gasteiger partial charge in [-0.15, -0.1) is 0 Å². The number of rotatable bonds is 1. The van der Waals surface area contributed by atoms with Crippen LogP contribution in [0.4, 0.5) is 0 Å². The standard InChI is InChI=1S/C11H9NO.H2O/c12-11(13)10-7-3-5-8-4-1-2-6-9(8)10;/h1-7H,(H2,12,13);1H2. The summed E-state index contributed by atoms with van der Waals surface area (Å²) in [6.07, 6.45) is 0. The first-order valence-corrected chi connectivity index (χ1v) is 4.06. The Balaban J connectivity index is 0.000000980. The van der Waals surface area contributed by atoms with Crippen LogP contribution in [0.5, 0.6) is 0 Å². The van der Waals surface area contributed by atoms with Crippen molar-refractivity contribution in [3.63, 3.8) is 0 Å². The topological polar surface area (TPSA) is 74.6 Å². The molecule has 0 atom stereocenters. The van der Waals surface area contributed by atoms with E-state index in [1.807, 2.05) is 36.4 Å². The van der Waals surface area contributed by atoms with E-state index >= 15 is 0 Å². The number of nitrogens with two attached hydrogens (primary N) is 1. The van der Waals surface area contributed by atoms with Crippen molar-refractivity contribution in [3.8, 4) is 0 Å². The number of primary amides is 1. The molecule has 0 bridgehead atoms. The van der Waals surface area contributed by atoms with Gasteiger partial charge in [0.2, 0.25) is 5.91 Å². The zero-order valence-electron chi connectivity index (χ0n) is 7.53. The summed E-state index contributed by atoms with van der Waals surface area (Å²) in [4.78, 5) is 11.0. The number of benzene rings is 2. The molecule has 2 aromatic carbocycles. The number of carbonyl (C=O) groups is 1. The van der Waals surface area contributed by atoms with Crippen molar-refractivity contribution in [1.82, 2.24) is 0 Å². The average molecular weight is 189 g/mol. The second kappa shape index (κ2) is 3.89. The molecule has 0 saturated heterocycles. The van der Waals surface area contributed by atoms with E-state index in [9.17, 15) is 4.79 Å². The van der Waals surface area contributed by atoms with Gasteiger partial charge in [-0.3, -0.25) is 4.79 Å². The van der Waals surface area contributed by atoms with Gasteiger partial charge in [-0.25, -0.2) is 0 Å². The van der Waals surface area contributed by atoms with Crippen LogP contribution in [0.25, 0.3) is 10.8 Å². The molecule has 72 valence electrons. The van der Waals surface area contributed by atoms with Crippen LogP contribution in [0.15, 0.2) is 42.5 Å². The summed E-state index contributed by atoms with van der Waals surface area (Å²) in [7, 11) is 0. The minimum atomic E-state index is -0.378. The summed E-state index contributed by atoms with van der Waals surface area (Å²) in [5, 5.41) is 1.95. The van der Waals surface area contributed by atoms with Crippen LogP contribution in [-0.2, 0) is 0 Å². The van der Waals surface area contributed by atoms with E-state index in [2.05, 4.69) is 0 Å². The monoisotopic (exact) mass is 189 g/mol. The van der Waals surface area contributed by atoms with Crippen molar-refractivity contribution >= 4 is 16.7 Å². The molecule has 0 radical (unpaired) electrons. The summed E-state index contributed by atoms with van der Waals surface area (Å²) in [5.74, 6) is -0.378. The van der Waals surface area contributed by atoms with Crippen LogP contribution < -0.4 is 5.73 Å². The number of fused-ring (bicyclic) bond motifs is 1. The number of hydrogen-bond donors (Lipinski definition) is 1. The number of carbonyl (C=O) groups excluding carboxylic acids is 1. The summed E-state index contributed by atoms with van der Waals surface area (Å²) in [6, 6.07) is 13.2. The van der Waals surface area contributed by atoms with Crippen molar-refractivity contribution in [2.45, 2.75) is 0 Å². The van der Waals surface area contributed by atoms with Crippen molar-refractivity contribution in [1.29, 1.82) is 0 Å². The zero-order chi connectivity index (χ0) is 9.26. The molecule has 0 aliphatic heterocycles. The van der Waals surface area contributed by atoms with Gasteiger partial charge in [0.05, 0.1) is 0 Å². The highest BCUT2D eigenvalue weighted by atomic mass is 16.1. The van der Waals surface area contributed by atoms with Gasteiger partial charge >= 0.3 is 0 Å². The molecule has 4 N–H and O–H groups in total. The van der Waals surface area contributed by atoms with Crippen molar-refractivity contribution < 1.29 is 10.3 Å². The first-order valence-electron chi connectivity index (χ1n) is 4.06. The minimum absolute atomic E-state index is 0. The summed E-state index contributed by atoms with van der Waals surface area (Å²) < 4.78 is 0. The Kier molecular flexibility index (Phi) is 2.84. The molecule has 0 unspecified atom stereocenters. The fourth-order valence-electron chi connectivity index (χ4n) is 1.44. The Labute approximate surface area is 81.5 Å². The molecular weight excluding hydrogens is 178 g/mol. The lowest BCUT2D eigenvalue weighted by Crippen LogP contribution is -2.11. The fourth-order valence-corrected chi connectivity index (χ4v) is 1.44. The van der Waals surface area contributed by atoms with E-state index in [0.717, 1.165) is 10.8 Å². The first-order chi connectivity index (χ1) is 6.29. The van der Waals surface area contributed by atoms with E-state index in [-0.39, 0.29) is 11.4 Å². The van der Waals surface area contributed by atoms with Crippen LogP contribution in [0, 0.1) is 0 Å². The summed E-state index contributed by atoms with van der Waals surface area (Å²) in [5.41, 5.74) is 5.82. The van der Waals surface area contributed by atoms with E-state index in [1.54, 1.807) is 6.07 Å². The van der Waals surface area contributed by atoms with Gasteiger partial charge in [-0.05, 0) is 16.8 Å². The Morgan fingerprint density at radius 1 is 1.00 bits per heavy atom. The predicted molar refractivity (Wildman–Crippen MR) is 56.1 cm³/mol. The number of hydrogen-bond acceptors (Lipinski definition) is 1. The van der Waals surface area contributed by atoms with Crippen LogP contribution in [0.3, 0.4) is 0 Å². The van der Waals surface area contributed by atoms with Gasteiger partial charge in [0, 0.05) is 5.56 Å². The SMILES string of the molecule is NC(=O)c1cccc2ccccc12.O. The molecule has 14 heavy (non-hydrogen) atoms. The maximum Gasteiger partial charge on any atom is 0.249 e. The average Bonchev–Trinajstić information content (AvgIpc) is 2.17. The highest BCUT2D eigenvalue weighted by Gasteiger charge is 2.03. The molecule has 0 heterocycles. The number of amides is 1. The van der Waals surface area contributed by atoms with Gasteiger partial charge in [0.25, 0.3) is 0 Å². The summed E-state index contributed by atoms with van der Waals surface area (Å²) in [6.45, 7) is 0. The molecule has 2 aromatic rings. The van der Waals surface area contributed by atoms with Gasteiger partial charge < -0.3 is 11.2 Å². The molecule has 2 rings (SSSR count). The lowest BCUT2D eigenvalue weighted by Gasteiger charge is -2.01. The lowest BCUT2D eigenvalue weighted by molar-refractivity contribution is 0.100. The maximum absolute atomic E-state index is 11.0. The first kappa shape index (κ1) is 10.2. The lowest BCUT2D eigenvalue weighted by atomic mass is 10.0. The molecule has 0 aromatic heterocycles. The molecule has 0 spiro atoms. The van der Waals surface area contributed by atoms with E-state index in [4.69, 9.17) is 5.73 Å². The van der Waals surface area contributed by atoms with Crippen LogP contribution in [-0.4, -0.2) is 11.4 Å². The van der Waals surface area contributed by atoms with Crippen LogP contribution in [0.1, 0.15) is 10.4 Å². The Morgan fingerprint density at radius 2 is 1.64 bits per heavy atom. The normalized spacial score (nSPS) is 9.43. The molecule has 0 saturated carbocycles. The Hall–Kier alpha value is -1.87. The largest absolute Gasteiger partial charge is 0.412 e. The third-order valence-electron chi connectivity index (χ3n) is 2.06. The predicted octanol–water partition coefficient (Wildman–Crippen LogP) is 1.11. The Morgan fingerprint density at radius 3 is 2.36 bits per heavy atom. The van der Waals surface area contributed by atoms with E-state index in [1.165, 1.54) is 0 Å². The third-order valence-corrected chi connectivity index (χ3v) is 2.06. The van der Waals surface area contributed by atoms with Crippen molar-refractivity contribution in [2.75, 3.05) is 0 Å². The van der Waals surface area contributed by atoms with E-state index < -0.39 is 0 Å². The highest BCUT2D eigenvalue weighted by Crippen LogP contribution is 2.17. The quantitative estimate of drug-likeness (QED) is 0.717. The molecule has 1 amide bonds. The molecule has 0 aliphatic carbocycles. The van der Waals surface area contributed by atoms with Crippen molar-refractivity contribution in [3.05, 3.63) is 48.0 Å². The Bertz CT molecular complexity index is 460. The fraction of sp³-hybridized carbons (Fsp3) is 0. The van der Waals surface area contributed by atoms with Crippen LogP contribution >= 0.6 is 0 Å². The van der Waals surface area contributed by atoms with Gasteiger partial charge in [-0.2, -0.15) is 0 Å². The van der Waals surface area contributed by atoms with Gasteiger partial charge in [0.1, 0.15) is 0 Å². The van der Waals surface area contributed by atoms with Gasteiger partial charge in [-0.1, -0.05) is 36.4 Å². The van der Waals surface area contributed by atoms with Crippen LogP contribution in [0.2, 0.25) is 0 Å². The van der Waals surface area contributed by atoms with Gasteiger partial charge in [0.15, 0.2) is 0 Å². The molecule has 0 aliphatic rings. The molecule has 3 heteroatoms. The molecular formula is C11H11NO2. The third kappa shape index (κ3) is 1.58. The second-order valence-electron chi connectivity index (χ2n) is 2.89. The van der Waals surface area contributed by atoms with E-state index in [0.29, 0.717) is 5.56 Å². The highest BCUT2D eigenvalue weighted by molar-refractivity contribution is 6.06. The molecule has 0 fully saturated rings. The second-order valence-corrected chi connectivity index (χ2v) is 2.89. The van der Waals surface area contributed by atoms with Crippen molar-refractivity contribution in [2.24, 2.45) is 5.73 Å². The minimum Gasteiger partial charge on any atom is -0.412 e. The zero-order valence-corrected chi connectivity index (χ0v) is 7.53. The molecule has 3 nitrogen and oxygen atoms in total. The maximum atomic E-state index is 11.0.